The zero-order valence-electron chi connectivity index (χ0n) is 42.6. The van der Waals surface area contributed by atoms with E-state index in [-0.39, 0.29) is 46.7 Å². The van der Waals surface area contributed by atoms with Crippen LogP contribution in [0.2, 0.25) is 0 Å². The normalized spacial score (nSPS) is 23.2. The van der Waals surface area contributed by atoms with Crippen molar-refractivity contribution < 1.29 is 31.6 Å². The Hall–Kier alpha value is -6.27. The highest BCUT2D eigenvalue weighted by molar-refractivity contribution is 7.86. The number of benzene rings is 3. The number of nitrogens with zero attached hydrogens (tertiary/aromatic N) is 7. The van der Waals surface area contributed by atoms with Gasteiger partial charge in [0.15, 0.2) is 22.5 Å². The number of hydrogen-bond donors (Lipinski definition) is 1. The van der Waals surface area contributed by atoms with E-state index in [1.165, 1.54) is 5.56 Å². The van der Waals surface area contributed by atoms with Gasteiger partial charge in [-0.25, -0.2) is 14.8 Å². The minimum absolute atomic E-state index is 0.0479. The van der Waals surface area contributed by atoms with Gasteiger partial charge in [0.05, 0.1) is 47.2 Å². The summed E-state index contributed by atoms with van der Waals surface area (Å²) in [4.78, 5) is 26.6. The molecule has 12 rings (SSSR count). The fraction of sp³-hybridized carbons (Fsp3) is 0.429. The van der Waals surface area contributed by atoms with Gasteiger partial charge in [-0.2, -0.15) is 13.5 Å². The molecule has 17 heteroatoms. The average Bonchev–Trinajstić information content (AvgIpc) is 3.92. The Morgan fingerprint density at radius 2 is 1.58 bits per heavy atom. The lowest BCUT2D eigenvalue weighted by Gasteiger charge is -2.69. The zero-order chi connectivity index (χ0) is 50.9. The van der Waals surface area contributed by atoms with Crippen LogP contribution in [0.15, 0.2) is 90.0 Å². The lowest BCUT2D eigenvalue weighted by molar-refractivity contribution is -0.249. The number of hydrogen-bond acceptors (Lipinski definition) is 15. The van der Waals surface area contributed by atoms with Crippen molar-refractivity contribution in [2.24, 2.45) is 16.2 Å². The molecule has 0 amide bonds. The van der Waals surface area contributed by atoms with Crippen molar-refractivity contribution in [1.29, 1.82) is 0 Å². The molecule has 4 saturated carbocycles. The van der Waals surface area contributed by atoms with Crippen LogP contribution in [0.3, 0.4) is 0 Å². The van der Waals surface area contributed by atoms with E-state index in [0.717, 1.165) is 100 Å². The van der Waals surface area contributed by atoms with Crippen LogP contribution in [-0.4, -0.2) is 76.8 Å². The number of aryl methyl sites for hydroxylation is 2. The van der Waals surface area contributed by atoms with E-state index in [1.54, 1.807) is 42.7 Å². The van der Waals surface area contributed by atoms with E-state index in [2.05, 4.69) is 61.8 Å². The van der Waals surface area contributed by atoms with Gasteiger partial charge in [-0.3, -0.25) is 8.86 Å². The fourth-order valence-corrected chi connectivity index (χ4v) is 15.4. The van der Waals surface area contributed by atoms with Crippen molar-refractivity contribution in [1.82, 2.24) is 29.9 Å². The van der Waals surface area contributed by atoms with E-state index in [9.17, 15) is 13.2 Å². The smallest absolute Gasteiger partial charge is 0.358 e. The summed E-state index contributed by atoms with van der Waals surface area (Å²) in [6.45, 7) is 14.4. The van der Waals surface area contributed by atoms with Crippen molar-refractivity contribution in [2.45, 2.75) is 117 Å². The largest absolute Gasteiger partial charge is 0.497 e. The quantitative estimate of drug-likeness (QED) is 0.0550. The standard InChI is InChI=1S/C56H62N8O7S2/c1-35-10-17-41(18-11-35)73(66,67)71-24-23-70-56-31-53(5)28-54(6,32-56)30-55(29-53,33-56)34-64-38(4)44(26-57-64)43-19-21-47(59-48(43)51(65)69-27-39-13-15-40(68-7)16-14-39)63-22-8-9-42-37(3)49(61-62-50(42)63)60-52-58-45-20-12-36(2)25-46(45)72-52/h10-21,25-26H,8-9,22-24,27-34H2,1-7H3,(H,58,60,61). The SMILES string of the molecule is COc1ccc(COC(=O)c2nc(N3CCCc4c3nnc(Nc3nc5ccc(C)cc5s3)c4C)ccc2-c2cnn(CC34CC5(C)CC(C)(C3)CC(OCCOS(=O)(=O)c3ccc(C)cc3)(C5)C4)c2C)cc1. The Bertz CT molecular complexity index is 3360. The van der Waals surface area contributed by atoms with Crippen LogP contribution >= 0.6 is 11.3 Å². The first-order valence-corrected chi connectivity index (χ1v) is 27.4. The second-order valence-electron chi connectivity index (χ2n) is 21.9. The van der Waals surface area contributed by atoms with Crippen molar-refractivity contribution in [3.05, 3.63) is 124 Å². The molecule has 2 atom stereocenters. The van der Waals surface area contributed by atoms with Crippen LogP contribution in [0.4, 0.5) is 22.6 Å². The Morgan fingerprint density at radius 1 is 0.822 bits per heavy atom. The molecule has 380 valence electrons. The first-order chi connectivity index (χ1) is 34.9. The summed E-state index contributed by atoms with van der Waals surface area (Å²) >= 11 is 1.59. The Kier molecular flexibility index (Phi) is 12.5. The molecule has 4 bridgehead atoms. The molecule has 2 unspecified atom stereocenters. The number of methoxy groups -OCH3 is 1. The van der Waals surface area contributed by atoms with Crippen molar-refractivity contribution in [3.8, 4) is 16.9 Å². The predicted molar refractivity (Wildman–Crippen MR) is 281 cm³/mol. The van der Waals surface area contributed by atoms with E-state index in [0.29, 0.717) is 41.9 Å². The molecule has 5 aliphatic rings. The summed E-state index contributed by atoms with van der Waals surface area (Å²) in [6.07, 6.45) is 9.36. The van der Waals surface area contributed by atoms with Crippen LogP contribution in [0, 0.1) is 43.9 Å². The van der Waals surface area contributed by atoms with Gasteiger partial charge < -0.3 is 24.4 Å². The number of fused-ring (bicyclic) bond motifs is 2. The lowest BCUT2D eigenvalue weighted by atomic mass is 9.39. The van der Waals surface area contributed by atoms with E-state index < -0.39 is 21.7 Å². The second kappa shape index (κ2) is 18.6. The van der Waals surface area contributed by atoms with Crippen LogP contribution in [0.25, 0.3) is 21.3 Å². The number of aromatic nitrogens is 6. The highest BCUT2D eigenvalue weighted by atomic mass is 32.2. The molecule has 0 radical (unpaired) electrons. The molecular formula is C56H62N8O7S2. The first kappa shape index (κ1) is 49.0. The van der Waals surface area contributed by atoms with Gasteiger partial charge in [-0.15, -0.1) is 10.2 Å². The van der Waals surface area contributed by atoms with Crippen LogP contribution in [0.1, 0.15) is 103 Å². The van der Waals surface area contributed by atoms with Crippen LogP contribution in [0.5, 0.6) is 5.75 Å². The van der Waals surface area contributed by atoms with Gasteiger partial charge in [0.1, 0.15) is 18.2 Å². The Labute approximate surface area is 430 Å². The maximum Gasteiger partial charge on any atom is 0.358 e. The van der Waals surface area contributed by atoms with Crippen molar-refractivity contribution >= 4 is 60.2 Å². The molecule has 7 aromatic rings. The third-order valence-electron chi connectivity index (χ3n) is 15.6. The van der Waals surface area contributed by atoms with E-state index in [4.69, 9.17) is 38.6 Å². The summed E-state index contributed by atoms with van der Waals surface area (Å²) < 4.78 is 53.0. The van der Waals surface area contributed by atoms with E-state index >= 15 is 0 Å². The van der Waals surface area contributed by atoms with Gasteiger partial charge >= 0.3 is 5.97 Å². The minimum atomic E-state index is -3.91. The number of anilines is 4. The molecule has 0 spiro atoms. The molecule has 0 saturated heterocycles. The Balaban J connectivity index is 0.867. The lowest BCUT2D eigenvalue weighted by Crippen LogP contribution is -2.64. The maximum atomic E-state index is 14.5. The predicted octanol–water partition coefficient (Wildman–Crippen LogP) is 11.3. The number of carbonyl (C=O) groups excluding carboxylic acids is 1. The number of nitrogens with one attached hydrogen (secondary N) is 1. The van der Waals surface area contributed by atoms with Crippen LogP contribution < -0.4 is 15.0 Å². The molecule has 1 aliphatic heterocycles. The summed E-state index contributed by atoms with van der Waals surface area (Å²) in [7, 11) is -2.29. The van der Waals surface area contributed by atoms with Crippen molar-refractivity contribution in [2.75, 3.05) is 37.1 Å². The highest BCUT2D eigenvalue weighted by Crippen LogP contribution is 2.72. The molecule has 4 aliphatic carbocycles. The number of rotatable bonds is 16. The Morgan fingerprint density at radius 3 is 2.33 bits per heavy atom. The van der Waals surface area contributed by atoms with Gasteiger partial charge in [-0.05, 0) is 155 Å². The highest BCUT2D eigenvalue weighted by Gasteiger charge is 2.66. The minimum Gasteiger partial charge on any atom is -0.497 e. The van der Waals surface area contributed by atoms with Crippen molar-refractivity contribution in [3.63, 3.8) is 0 Å². The summed E-state index contributed by atoms with van der Waals surface area (Å²) in [5.74, 6) is 2.09. The molecule has 1 N–H and O–H groups in total. The third-order valence-corrected chi connectivity index (χ3v) is 17.9. The van der Waals surface area contributed by atoms with Crippen LogP contribution in [-0.2, 0) is 43.3 Å². The van der Waals surface area contributed by atoms with Gasteiger partial charge in [-0.1, -0.05) is 61.1 Å². The number of esters is 1. The molecule has 3 aromatic carbocycles. The second-order valence-corrected chi connectivity index (χ2v) is 24.6. The summed E-state index contributed by atoms with van der Waals surface area (Å²) in [5, 5.41) is 18.7. The summed E-state index contributed by atoms with van der Waals surface area (Å²) in [5.41, 5.74) is 8.05. The molecule has 73 heavy (non-hydrogen) atoms. The maximum absolute atomic E-state index is 14.5. The molecule has 15 nitrogen and oxygen atoms in total. The zero-order valence-corrected chi connectivity index (χ0v) is 44.2. The number of ether oxygens (including phenoxy) is 3. The fourth-order valence-electron chi connectivity index (χ4n) is 13.5. The topological polar surface area (TPSA) is 173 Å². The summed E-state index contributed by atoms with van der Waals surface area (Å²) in [6, 6.07) is 24.3. The molecule has 4 fully saturated rings. The van der Waals surface area contributed by atoms with Gasteiger partial charge in [0.25, 0.3) is 10.1 Å². The molecular weight excluding hydrogens is 961 g/mol. The third kappa shape index (κ3) is 9.60. The first-order valence-electron chi connectivity index (χ1n) is 25.1. The van der Waals surface area contributed by atoms with E-state index in [1.807, 2.05) is 60.5 Å². The number of thiazole rings is 1. The number of pyridine rings is 1. The van der Waals surface area contributed by atoms with Gasteiger partial charge in [0, 0.05) is 41.0 Å². The van der Waals surface area contributed by atoms with Gasteiger partial charge in [0.2, 0.25) is 0 Å². The average molecular weight is 1020 g/mol. The number of carbonyl (C=O) groups is 1. The monoisotopic (exact) mass is 1020 g/mol. The molecule has 4 aromatic heterocycles. The molecule has 5 heterocycles.